The van der Waals surface area contributed by atoms with Gasteiger partial charge in [-0.3, -0.25) is 0 Å². The molecule has 4 heterocycles. The van der Waals surface area contributed by atoms with Crippen LogP contribution in [0.3, 0.4) is 0 Å². The molecule has 4 aromatic rings. The maximum absolute atomic E-state index is 13.5. The van der Waals surface area contributed by atoms with Crippen LogP contribution in [0, 0.1) is 11.6 Å². The van der Waals surface area contributed by atoms with Gasteiger partial charge in [0, 0.05) is 24.2 Å². The lowest BCUT2D eigenvalue weighted by atomic mass is 10.1. The van der Waals surface area contributed by atoms with Gasteiger partial charge in [-0.05, 0) is 36.4 Å². The fourth-order valence-corrected chi connectivity index (χ4v) is 3.18. The second kappa shape index (κ2) is 6.52. The van der Waals surface area contributed by atoms with Crippen LogP contribution in [0.2, 0.25) is 0 Å². The zero-order valence-corrected chi connectivity index (χ0v) is 14.5. The summed E-state index contributed by atoms with van der Waals surface area (Å²) in [6.07, 6.45) is 1.97. The number of hydrogen-bond donors (Lipinski definition) is 1. The molecule has 1 aliphatic rings. The number of benzene rings is 1. The topological polar surface area (TPSA) is 77.2 Å². The van der Waals surface area contributed by atoms with Crippen molar-refractivity contribution in [1.82, 2.24) is 24.8 Å². The third kappa shape index (κ3) is 3.00. The Kier molecular flexibility index (Phi) is 3.85. The van der Waals surface area contributed by atoms with Crippen LogP contribution in [0.4, 0.5) is 14.6 Å². The lowest BCUT2D eigenvalue weighted by molar-refractivity contribution is 0.202. The molecule has 1 unspecified atom stereocenters. The fourth-order valence-electron chi connectivity index (χ4n) is 3.18. The van der Waals surface area contributed by atoms with Gasteiger partial charge >= 0.3 is 0 Å². The molecule has 1 atom stereocenters. The standard InChI is InChI=1S/C19H14F2N6O/c20-12-6-11(7-13(21)8-12)15-3-4-17-24-25-18(27(17)26-15)9-14-10-23-19-16(28-14)2-1-5-22-19/h1-8,14H,9-10H2,(H,22,23). The molecule has 1 N–H and O–H groups in total. The minimum Gasteiger partial charge on any atom is -0.484 e. The van der Waals surface area contributed by atoms with Gasteiger partial charge in [-0.1, -0.05) is 0 Å². The van der Waals surface area contributed by atoms with Gasteiger partial charge < -0.3 is 10.1 Å². The summed E-state index contributed by atoms with van der Waals surface area (Å²) in [4.78, 5) is 4.22. The lowest BCUT2D eigenvalue weighted by Gasteiger charge is -2.25. The predicted molar refractivity (Wildman–Crippen MR) is 97.0 cm³/mol. The Hall–Kier alpha value is -3.62. The van der Waals surface area contributed by atoms with E-state index in [2.05, 4.69) is 25.6 Å². The van der Waals surface area contributed by atoms with Gasteiger partial charge in [0.1, 0.15) is 17.7 Å². The third-order valence-corrected chi connectivity index (χ3v) is 4.46. The minimum absolute atomic E-state index is 0.179. The van der Waals surface area contributed by atoms with Crippen molar-refractivity contribution in [1.29, 1.82) is 0 Å². The number of nitrogens with zero attached hydrogens (tertiary/aromatic N) is 5. The Morgan fingerprint density at radius 3 is 2.82 bits per heavy atom. The van der Waals surface area contributed by atoms with Crippen molar-refractivity contribution in [3.05, 3.63) is 66.1 Å². The number of anilines is 1. The lowest BCUT2D eigenvalue weighted by Crippen LogP contribution is -2.33. The van der Waals surface area contributed by atoms with Gasteiger partial charge in [-0.2, -0.15) is 9.61 Å². The molecule has 0 amide bonds. The number of rotatable bonds is 3. The molecule has 28 heavy (non-hydrogen) atoms. The van der Waals surface area contributed by atoms with Crippen molar-refractivity contribution >= 4 is 11.5 Å². The zero-order chi connectivity index (χ0) is 19.1. The van der Waals surface area contributed by atoms with Gasteiger partial charge in [0.05, 0.1) is 12.2 Å². The first-order chi connectivity index (χ1) is 13.7. The summed E-state index contributed by atoms with van der Waals surface area (Å²) in [5.74, 6) is 0.660. The normalized spacial score (nSPS) is 15.7. The van der Waals surface area contributed by atoms with Crippen LogP contribution in [0.1, 0.15) is 5.82 Å². The Labute approximate surface area is 158 Å². The molecule has 0 fully saturated rings. The van der Waals surface area contributed by atoms with E-state index in [0.717, 1.165) is 6.07 Å². The van der Waals surface area contributed by atoms with Crippen LogP contribution in [0.15, 0.2) is 48.7 Å². The molecule has 1 aromatic carbocycles. The van der Waals surface area contributed by atoms with E-state index in [1.165, 1.54) is 12.1 Å². The first-order valence-corrected chi connectivity index (χ1v) is 8.69. The highest BCUT2D eigenvalue weighted by Crippen LogP contribution is 2.27. The van der Waals surface area contributed by atoms with E-state index in [4.69, 9.17) is 4.74 Å². The Balaban J connectivity index is 1.46. The zero-order valence-electron chi connectivity index (χ0n) is 14.5. The predicted octanol–water partition coefficient (Wildman–Crippen LogP) is 2.88. The van der Waals surface area contributed by atoms with Crippen LogP contribution >= 0.6 is 0 Å². The van der Waals surface area contributed by atoms with Crippen molar-refractivity contribution in [2.45, 2.75) is 12.5 Å². The average molecular weight is 380 g/mol. The molecule has 1 aliphatic heterocycles. The Morgan fingerprint density at radius 2 is 1.96 bits per heavy atom. The first-order valence-electron chi connectivity index (χ1n) is 8.69. The van der Waals surface area contributed by atoms with Gasteiger partial charge in [-0.15, -0.1) is 10.2 Å². The highest BCUT2D eigenvalue weighted by molar-refractivity contribution is 5.60. The monoisotopic (exact) mass is 380 g/mol. The van der Waals surface area contributed by atoms with Crippen LogP contribution < -0.4 is 10.1 Å². The summed E-state index contributed by atoms with van der Waals surface area (Å²) in [5.41, 5.74) is 1.31. The molecule has 0 spiro atoms. The van der Waals surface area contributed by atoms with Crippen molar-refractivity contribution in [3.63, 3.8) is 0 Å². The smallest absolute Gasteiger partial charge is 0.177 e. The van der Waals surface area contributed by atoms with Gasteiger partial charge in [0.25, 0.3) is 0 Å². The van der Waals surface area contributed by atoms with E-state index in [-0.39, 0.29) is 6.10 Å². The van der Waals surface area contributed by atoms with Crippen molar-refractivity contribution in [3.8, 4) is 17.0 Å². The number of fused-ring (bicyclic) bond motifs is 2. The summed E-state index contributed by atoms with van der Waals surface area (Å²) in [5, 5.41) is 16.0. The van der Waals surface area contributed by atoms with Gasteiger partial charge in [0.15, 0.2) is 23.0 Å². The molecule has 0 bridgehead atoms. The van der Waals surface area contributed by atoms with Crippen molar-refractivity contribution < 1.29 is 13.5 Å². The molecule has 0 aliphatic carbocycles. The molecular weight excluding hydrogens is 366 g/mol. The SMILES string of the molecule is Fc1cc(F)cc(-c2ccc3nnc(CC4CNc5ncccc5O4)n3n2)c1. The summed E-state index contributed by atoms with van der Waals surface area (Å²) in [6, 6.07) is 10.3. The number of nitrogens with one attached hydrogen (secondary N) is 1. The van der Waals surface area contributed by atoms with Crippen LogP contribution in [0.5, 0.6) is 5.75 Å². The number of hydrogen-bond acceptors (Lipinski definition) is 6. The van der Waals surface area contributed by atoms with E-state index < -0.39 is 11.6 Å². The van der Waals surface area contributed by atoms with Gasteiger partial charge in [0.2, 0.25) is 0 Å². The molecule has 7 nitrogen and oxygen atoms in total. The third-order valence-electron chi connectivity index (χ3n) is 4.46. The number of halogens is 2. The van der Waals surface area contributed by atoms with E-state index in [9.17, 15) is 8.78 Å². The fraction of sp³-hybridized carbons (Fsp3) is 0.158. The maximum Gasteiger partial charge on any atom is 0.177 e. The average Bonchev–Trinajstić information content (AvgIpc) is 3.09. The summed E-state index contributed by atoms with van der Waals surface area (Å²) in [6.45, 7) is 0.563. The molecule has 0 radical (unpaired) electrons. The number of ether oxygens (including phenoxy) is 1. The molecule has 140 valence electrons. The van der Waals surface area contributed by atoms with Crippen LogP contribution in [-0.2, 0) is 6.42 Å². The Morgan fingerprint density at radius 1 is 1.11 bits per heavy atom. The molecular formula is C19H14F2N6O. The summed E-state index contributed by atoms with van der Waals surface area (Å²) < 4.78 is 34.6. The van der Waals surface area contributed by atoms with E-state index in [1.807, 2.05) is 6.07 Å². The van der Waals surface area contributed by atoms with Crippen molar-refractivity contribution in [2.24, 2.45) is 0 Å². The second-order valence-electron chi connectivity index (χ2n) is 6.44. The highest BCUT2D eigenvalue weighted by atomic mass is 19.1. The first kappa shape index (κ1) is 16.5. The van der Waals surface area contributed by atoms with E-state index in [1.54, 1.807) is 28.9 Å². The minimum atomic E-state index is -0.658. The van der Waals surface area contributed by atoms with E-state index in [0.29, 0.717) is 47.3 Å². The van der Waals surface area contributed by atoms with Gasteiger partial charge in [-0.25, -0.2) is 13.8 Å². The maximum atomic E-state index is 13.5. The molecule has 5 rings (SSSR count). The van der Waals surface area contributed by atoms with E-state index >= 15 is 0 Å². The van der Waals surface area contributed by atoms with Crippen molar-refractivity contribution in [2.75, 3.05) is 11.9 Å². The molecule has 3 aromatic heterocycles. The molecule has 0 saturated carbocycles. The largest absolute Gasteiger partial charge is 0.484 e. The number of pyridine rings is 1. The van der Waals surface area contributed by atoms with Crippen LogP contribution in [0.25, 0.3) is 16.9 Å². The summed E-state index contributed by atoms with van der Waals surface area (Å²) in [7, 11) is 0. The molecule has 9 heteroatoms. The number of aromatic nitrogens is 5. The second-order valence-corrected chi connectivity index (χ2v) is 6.44. The Bertz CT molecular complexity index is 1160. The molecule has 0 saturated heterocycles. The quantitative estimate of drug-likeness (QED) is 0.589. The van der Waals surface area contributed by atoms with Crippen LogP contribution in [-0.4, -0.2) is 37.4 Å². The highest BCUT2D eigenvalue weighted by Gasteiger charge is 2.22. The summed E-state index contributed by atoms with van der Waals surface area (Å²) >= 11 is 0.